The molecule has 0 saturated carbocycles. The molecule has 4 N–H and O–H groups in total. The third kappa shape index (κ3) is 7.88. The summed E-state index contributed by atoms with van der Waals surface area (Å²) in [5.41, 5.74) is 4.76. The van der Waals surface area contributed by atoms with Crippen LogP contribution >= 0.6 is 0 Å². The number of benzene rings is 3. The van der Waals surface area contributed by atoms with Crippen molar-refractivity contribution in [2.75, 3.05) is 20.1 Å². The summed E-state index contributed by atoms with van der Waals surface area (Å²) in [5.74, 6) is -0.0924. The second-order valence-electron chi connectivity index (χ2n) is 11.3. The van der Waals surface area contributed by atoms with Crippen molar-refractivity contribution < 1.29 is 29.6 Å². The molecule has 1 aliphatic heterocycles. The van der Waals surface area contributed by atoms with Gasteiger partial charge in [-0.3, -0.25) is 9.78 Å². The molecule has 1 amide bonds. The number of aromatic nitrogens is 1. The fourth-order valence-electron chi connectivity index (χ4n) is 5.42. The Morgan fingerprint density at radius 2 is 1.70 bits per heavy atom. The van der Waals surface area contributed by atoms with Gasteiger partial charge in [-0.05, 0) is 53.6 Å². The van der Waals surface area contributed by atoms with E-state index in [0.717, 1.165) is 22.3 Å². The number of carbonyl (C=O) groups excluding carboxylic acids is 1. The number of ether oxygens (including phenoxy) is 2. The Kier molecular flexibility index (Phi) is 10.4. The van der Waals surface area contributed by atoms with Crippen molar-refractivity contribution in [2.24, 2.45) is 5.92 Å². The highest BCUT2D eigenvalue weighted by molar-refractivity contribution is 5.93. The molecule has 3 aromatic carbocycles. The van der Waals surface area contributed by atoms with Crippen LogP contribution in [0, 0.1) is 5.92 Å². The molecule has 44 heavy (non-hydrogen) atoms. The molecule has 0 radical (unpaired) electrons. The summed E-state index contributed by atoms with van der Waals surface area (Å²) in [6.45, 7) is 3.33. The summed E-state index contributed by atoms with van der Waals surface area (Å²) in [6.07, 6.45) is 1.26. The minimum Gasteiger partial charge on any atom is -0.508 e. The lowest BCUT2D eigenvalue weighted by Crippen LogP contribution is -2.44. The van der Waals surface area contributed by atoms with Crippen LogP contribution in [0.3, 0.4) is 0 Å². The fraction of sp³-hybridized carbons (Fsp3) is 0.314. The van der Waals surface area contributed by atoms with Crippen molar-refractivity contribution in [3.63, 3.8) is 0 Å². The first kappa shape index (κ1) is 31.3. The van der Waals surface area contributed by atoms with Gasteiger partial charge in [-0.2, -0.15) is 0 Å². The van der Waals surface area contributed by atoms with Gasteiger partial charge in [0.1, 0.15) is 5.75 Å². The number of hydrogen-bond acceptors (Lipinski definition) is 8. The number of aromatic hydroxyl groups is 1. The predicted octanol–water partition coefficient (Wildman–Crippen LogP) is 4.67. The number of pyridine rings is 1. The maximum Gasteiger partial charge on any atom is 0.253 e. The number of rotatable bonds is 11. The first-order valence-electron chi connectivity index (χ1n) is 14.7. The van der Waals surface area contributed by atoms with Crippen LogP contribution in [0.1, 0.15) is 63.6 Å². The predicted molar refractivity (Wildman–Crippen MR) is 165 cm³/mol. The number of aliphatic hydroxyl groups excluding tert-OH is 2. The smallest absolute Gasteiger partial charge is 0.253 e. The van der Waals surface area contributed by atoms with Crippen LogP contribution in [0.2, 0.25) is 0 Å². The molecule has 1 aliphatic rings. The summed E-state index contributed by atoms with van der Waals surface area (Å²) in [5, 5.41) is 33.1. The summed E-state index contributed by atoms with van der Waals surface area (Å²) in [6, 6.07) is 25.7. The highest BCUT2D eigenvalue weighted by Gasteiger charge is 2.39. The number of amides is 1. The molecule has 5 rings (SSSR count). The van der Waals surface area contributed by atoms with Gasteiger partial charge < -0.3 is 35.0 Å². The SMILES string of the molecule is CC1C(CN(C)CC(O)c2cccc(O)c2)OC(c2ccc(CNC(=O)c3cccnc3)cc2)OC1c1ccc(CO)cc1. The van der Waals surface area contributed by atoms with Crippen LogP contribution < -0.4 is 5.32 Å². The van der Waals surface area contributed by atoms with E-state index in [4.69, 9.17) is 9.47 Å². The Balaban J connectivity index is 1.29. The van der Waals surface area contributed by atoms with Crippen LogP contribution in [-0.4, -0.2) is 57.4 Å². The highest BCUT2D eigenvalue weighted by Crippen LogP contribution is 2.42. The highest BCUT2D eigenvalue weighted by atomic mass is 16.7. The average Bonchev–Trinajstić information content (AvgIpc) is 3.05. The summed E-state index contributed by atoms with van der Waals surface area (Å²) in [7, 11) is 1.94. The Morgan fingerprint density at radius 3 is 2.39 bits per heavy atom. The number of nitrogens with one attached hydrogen (secondary N) is 1. The van der Waals surface area contributed by atoms with Crippen LogP contribution in [0.5, 0.6) is 5.75 Å². The van der Waals surface area contributed by atoms with Crippen molar-refractivity contribution in [1.82, 2.24) is 15.2 Å². The van der Waals surface area contributed by atoms with E-state index in [1.54, 1.807) is 42.6 Å². The number of hydrogen-bond donors (Lipinski definition) is 4. The largest absolute Gasteiger partial charge is 0.508 e. The standard InChI is InChI=1S/C35H39N3O6/c1-23-32(21-38(2)20-31(41)28-5-3-7-30(40)17-28)43-35(44-33(23)26-12-10-25(22-39)11-13-26)27-14-8-24(9-15-27)18-37-34(42)29-6-4-16-36-19-29/h3-17,19,23,31-33,35,39-41H,18,20-22H2,1-2H3,(H,37,42). The van der Waals surface area contributed by atoms with E-state index in [-0.39, 0.29) is 36.4 Å². The van der Waals surface area contributed by atoms with Gasteiger partial charge in [0.05, 0.1) is 30.5 Å². The van der Waals surface area contributed by atoms with Crippen molar-refractivity contribution in [1.29, 1.82) is 0 Å². The van der Waals surface area contributed by atoms with Gasteiger partial charge in [0.15, 0.2) is 6.29 Å². The third-order valence-electron chi connectivity index (χ3n) is 7.98. The lowest BCUT2D eigenvalue weighted by Gasteiger charge is -2.42. The van der Waals surface area contributed by atoms with Gasteiger partial charge in [-0.25, -0.2) is 0 Å². The van der Waals surface area contributed by atoms with Crippen LogP contribution in [0.4, 0.5) is 0 Å². The Morgan fingerprint density at radius 1 is 0.977 bits per heavy atom. The van der Waals surface area contributed by atoms with E-state index in [1.807, 2.05) is 60.5 Å². The molecule has 1 saturated heterocycles. The van der Waals surface area contributed by atoms with Gasteiger partial charge in [0, 0.05) is 43.5 Å². The van der Waals surface area contributed by atoms with Crippen molar-refractivity contribution in [2.45, 2.75) is 44.7 Å². The third-order valence-corrected chi connectivity index (χ3v) is 7.98. The number of carbonyl (C=O) groups is 1. The molecule has 4 aromatic rings. The second kappa shape index (κ2) is 14.6. The van der Waals surface area contributed by atoms with Crippen molar-refractivity contribution >= 4 is 5.91 Å². The average molecular weight is 598 g/mol. The maximum absolute atomic E-state index is 12.4. The maximum atomic E-state index is 12.4. The molecule has 1 aromatic heterocycles. The molecule has 2 heterocycles. The van der Waals surface area contributed by atoms with Gasteiger partial charge in [-0.15, -0.1) is 0 Å². The van der Waals surface area contributed by atoms with E-state index >= 15 is 0 Å². The molecular formula is C35H39N3O6. The zero-order valence-electron chi connectivity index (χ0n) is 24.9. The monoisotopic (exact) mass is 597 g/mol. The zero-order chi connectivity index (χ0) is 31.1. The molecule has 9 heteroatoms. The lowest BCUT2D eigenvalue weighted by atomic mass is 9.90. The van der Waals surface area contributed by atoms with E-state index < -0.39 is 12.4 Å². The van der Waals surface area contributed by atoms with Gasteiger partial charge in [0.25, 0.3) is 5.91 Å². The molecular weight excluding hydrogens is 558 g/mol. The zero-order valence-corrected chi connectivity index (χ0v) is 24.9. The van der Waals surface area contributed by atoms with E-state index in [0.29, 0.717) is 30.8 Å². The fourth-order valence-corrected chi connectivity index (χ4v) is 5.42. The second-order valence-corrected chi connectivity index (χ2v) is 11.3. The Bertz CT molecular complexity index is 1500. The minimum absolute atomic E-state index is 0.0199. The molecule has 230 valence electrons. The first-order valence-corrected chi connectivity index (χ1v) is 14.7. The van der Waals surface area contributed by atoms with Crippen molar-refractivity contribution in [3.8, 4) is 5.75 Å². The van der Waals surface area contributed by atoms with Crippen molar-refractivity contribution in [3.05, 3.63) is 131 Å². The number of phenolic OH excluding ortho intramolecular Hbond substituents is 1. The van der Waals surface area contributed by atoms with Crippen LogP contribution in [0.25, 0.3) is 0 Å². The molecule has 5 atom stereocenters. The number of nitrogens with zero attached hydrogens (tertiary/aromatic N) is 2. The molecule has 1 fully saturated rings. The van der Waals surface area contributed by atoms with E-state index in [2.05, 4.69) is 17.2 Å². The van der Waals surface area contributed by atoms with E-state index in [1.165, 1.54) is 6.20 Å². The van der Waals surface area contributed by atoms with Crippen LogP contribution in [-0.2, 0) is 22.6 Å². The molecule has 5 unspecified atom stereocenters. The topological polar surface area (TPSA) is 124 Å². The summed E-state index contributed by atoms with van der Waals surface area (Å²) >= 11 is 0. The normalized spacial score (nSPS) is 20.8. The first-order chi connectivity index (χ1) is 21.3. The van der Waals surface area contributed by atoms with Gasteiger partial charge >= 0.3 is 0 Å². The van der Waals surface area contributed by atoms with E-state index in [9.17, 15) is 20.1 Å². The summed E-state index contributed by atoms with van der Waals surface area (Å²) < 4.78 is 13.1. The Hall–Kier alpha value is -4.12. The number of aliphatic hydroxyl groups is 2. The number of phenols is 1. The molecule has 0 spiro atoms. The minimum atomic E-state index is -0.772. The molecule has 0 bridgehead atoms. The summed E-state index contributed by atoms with van der Waals surface area (Å²) in [4.78, 5) is 18.4. The lowest BCUT2D eigenvalue weighted by molar-refractivity contribution is -0.276. The molecule has 0 aliphatic carbocycles. The van der Waals surface area contributed by atoms with Crippen LogP contribution in [0.15, 0.2) is 97.3 Å². The Labute approximate surface area is 257 Å². The number of likely N-dealkylation sites (N-methyl/N-ethyl adjacent to an activating group) is 1. The molecule has 9 nitrogen and oxygen atoms in total. The van der Waals surface area contributed by atoms with Gasteiger partial charge in [-0.1, -0.05) is 67.6 Å². The van der Waals surface area contributed by atoms with Gasteiger partial charge in [0.2, 0.25) is 0 Å². The quantitative estimate of drug-likeness (QED) is 0.197.